The van der Waals surface area contributed by atoms with E-state index in [1.807, 2.05) is 27.7 Å². The fourth-order valence-electron chi connectivity index (χ4n) is 9.03. The first-order valence-corrected chi connectivity index (χ1v) is 20.1. The van der Waals surface area contributed by atoms with E-state index in [0.717, 1.165) is 56.1 Å². The number of alkyl carbamates (subject to hydrolysis) is 2. The molecule has 2 saturated heterocycles. The number of benzene rings is 1. The number of methoxy groups -OCH3 is 2. The van der Waals surface area contributed by atoms with Crippen LogP contribution in [0.25, 0.3) is 0 Å². The maximum absolute atomic E-state index is 13.6. The Kier molecular flexibility index (Phi) is 11.6. The third-order valence-electron chi connectivity index (χ3n) is 11.9. The number of nitrogens with one attached hydrogen (secondary N) is 4. The van der Waals surface area contributed by atoms with Gasteiger partial charge in [-0.3, -0.25) is 9.59 Å². The predicted octanol–water partition coefficient (Wildman–Crippen LogP) is 5.39. The molecule has 2 aromatic heterocycles. The minimum Gasteiger partial charge on any atom is -0.453 e. The Morgan fingerprint density at radius 2 is 1.11 bits per heavy atom. The number of imidazole rings is 2. The average Bonchev–Trinajstić information content (AvgIpc) is 4.06. The largest absolute Gasteiger partial charge is 0.453 e. The van der Waals surface area contributed by atoms with Gasteiger partial charge in [0.05, 0.1) is 38.7 Å². The summed E-state index contributed by atoms with van der Waals surface area (Å²) in [4.78, 5) is 70.7. The Labute approximate surface area is 333 Å². The van der Waals surface area contributed by atoms with Crippen molar-refractivity contribution in [1.29, 1.82) is 0 Å². The molecule has 4 N–H and O–H groups in total. The minimum atomic E-state index is -0.698. The van der Waals surface area contributed by atoms with Crippen molar-refractivity contribution in [2.75, 3.05) is 27.3 Å². The van der Waals surface area contributed by atoms with Crippen LogP contribution in [0, 0.1) is 35.5 Å². The number of fused-ring (bicyclic) bond motifs is 5. The fraction of sp³-hybridized carbons (Fsp3) is 0.535. The van der Waals surface area contributed by atoms with Gasteiger partial charge in [0.15, 0.2) is 0 Å². The predicted molar refractivity (Wildman–Crippen MR) is 211 cm³/mol. The van der Waals surface area contributed by atoms with Crippen LogP contribution in [0.2, 0.25) is 0 Å². The zero-order valence-corrected chi connectivity index (χ0v) is 33.5. The lowest BCUT2D eigenvalue weighted by Crippen LogP contribution is -2.51. The molecule has 2 aliphatic carbocycles. The normalized spacial score (nSPS) is 21.7. The number of aromatic nitrogens is 4. The summed E-state index contributed by atoms with van der Waals surface area (Å²) < 4.78 is 9.53. The fourth-order valence-corrected chi connectivity index (χ4v) is 9.03. The molecule has 6 atom stereocenters. The molecule has 4 aliphatic rings. The Morgan fingerprint density at radius 3 is 1.49 bits per heavy atom. The molecule has 0 spiro atoms. The Balaban J connectivity index is 1.07. The van der Waals surface area contributed by atoms with Gasteiger partial charge < -0.3 is 39.9 Å². The second-order valence-electron chi connectivity index (χ2n) is 16.2. The van der Waals surface area contributed by atoms with Crippen molar-refractivity contribution in [3.63, 3.8) is 0 Å². The van der Waals surface area contributed by atoms with Crippen LogP contribution in [-0.4, -0.2) is 93.1 Å². The number of amides is 4. The second kappa shape index (κ2) is 16.8. The molecule has 300 valence electrons. The van der Waals surface area contributed by atoms with Crippen LogP contribution in [0.3, 0.4) is 0 Å². The first kappa shape index (κ1) is 39.5. The molecule has 1 saturated carbocycles. The first-order valence-electron chi connectivity index (χ1n) is 20.1. The van der Waals surface area contributed by atoms with Gasteiger partial charge in [-0.15, -0.1) is 0 Å². The van der Waals surface area contributed by atoms with E-state index in [1.54, 1.807) is 22.2 Å². The van der Waals surface area contributed by atoms with Crippen molar-refractivity contribution in [3.05, 3.63) is 69.8 Å². The van der Waals surface area contributed by atoms with Gasteiger partial charge in [-0.2, -0.15) is 0 Å². The van der Waals surface area contributed by atoms with E-state index >= 15 is 0 Å². The van der Waals surface area contributed by atoms with Gasteiger partial charge in [0, 0.05) is 24.2 Å². The highest BCUT2D eigenvalue weighted by Gasteiger charge is 2.41. The third-order valence-corrected chi connectivity index (χ3v) is 11.9. The second-order valence-corrected chi connectivity index (χ2v) is 16.2. The molecule has 3 unspecified atom stereocenters. The Hall–Kier alpha value is -5.76. The van der Waals surface area contributed by atoms with Crippen LogP contribution in [0.15, 0.2) is 24.5 Å². The number of likely N-dealkylation sites (tertiary alicyclic amines) is 2. The lowest BCUT2D eigenvalue weighted by atomic mass is 9.85. The van der Waals surface area contributed by atoms with E-state index in [2.05, 4.69) is 66.4 Å². The standard InChI is InChI=1S/C43H52N8O6/c1-24(2)36(48-42(54)56-5)40(52)50-19-7-9-32(50)38-44-22-30(46-38)17-15-26-11-12-27(35-29-14-13-28(21-29)34(26)35)16-18-31-23-45-39(47-31)33-10-8-20-51(33)41(53)37(25(3)4)49-43(55)57-6/h11-12,22-25,28-29,32-33,36-37H,7-10,13-14,19-21H2,1-6H3,(H,44,46)(H,45,47)(H,48,54)(H,49,55)/t28?,29?,32-,33+,36-,37?/m0/s1. The van der Waals surface area contributed by atoms with Crippen LogP contribution in [0.5, 0.6) is 0 Å². The number of carbonyl (C=O) groups excluding carboxylic acids is 4. The van der Waals surface area contributed by atoms with Crippen LogP contribution < -0.4 is 10.6 Å². The van der Waals surface area contributed by atoms with Gasteiger partial charge in [-0.1, -0.05) is 39.5 Å². The van der Waals surface area contributed by atoms with Gasteiger partial charge in [0.25, 0.3) is 0 Å². The first-order chi connectivity index (χ1) is 27.5. The third kappa shape index (κ3) is 8.09. The molecule has 1 aromatic carbocycles. The number of carbonyl (C=O) groups is 4. The summed E-state index contributed by atoms with van der Waals surface area (Å²) in [5, 5.41) is 5.39. The average molecular weight is 777 g/mol. The summed E-state index contributed by atoms with van der Waals surface area (Å²) in [6.45, 7) is 8.76. The highest BCUT2D eigenvalue weighted by atomic mass is 16.5. The SMILES string of the molecule is COC(=O)NC(C(=O)N1CCC[C@@H]1c1ncc(C#Cc2ccc(C#Cc3cnc([C@@H]4CCCN4C(=O)[C@@H](NC(=O)OC)C(C)C)[nH]3)c3c2C2CCC3C2)[nH]1)C(C)C. The quantitative estimate of drug-likeness (QED) is 0.221. The lowest BCUT2D eigenvalue weighted by Gasteiger charge is -2.29. The van der Waals surface area contributed by atoms with Gasteiger partial charge in [-0.05, 0) is 104 Å². The molecule has 0 radical (unpaired) electrons. The smallest absolute Gasteiger partial charge is 0.407 e. The number of rotatable bonds is 8. The number of hydrogen-bond acceptors (Lipinski definition) is 8. The van der Waals surface area contributed by atoms with E-state index in [4.69, 9.17) is 9.47 Å². The topological polar surface area (TPSA) is 175 Å². The van der Waals surface area contributed by atoms with Gasteiger partial charge >= 0.3 is 12.2 Å². The van der Waals surface area contributed by atoms with E-state index in [0.29, 0.717) is 48.0 Å². The van der Waals surface area contributed by atoms with Crippen LogP contribution in [0.1, 0.15) is 142 Å². The molecule has 14 heteroatoms. The van der Waals surface area contributed by atoms with Crippen molar-refractivity contribution in [2.45, 2.75) is 109 Å². The molecule has 7 rings (SSSR count). The molecule has 2 bridgehead atoms. The van der Waals surface area contributed by atoms with E-state index < -0.39 is 24.3 Å². The molecule has 3 aromatic rings. The molecule has 4 heterocycles. The summed E-state index contributed by atoms with van der Waals surface area (Å²) in [6, 6.07) is 2.28. The minimum absolute atomic E-state index is 0.113. The van der Waals surface area contributed by atoms with Crippen molar-refractivity contribution in [1.82, 2.24) is 40.4 Å². The molecule has 3 fully saturated rings. The Bertz CT molecular complexity index is 2000. The number of hydrogen-bond donors (Lipinski definition) is 4. The zero-order chi connectivity index (χ0) is 40.4. The highest BCUT2D eigenvalue weighted by molar-refractivity contribution is 5.87. The molecule has 4 amide bonds. The van der Waals surface area contributed by atoms with Crippen molar-refractivity contribution in [3.8, 4) is 23.7 Å². The van der Waals surface area contributed by atoms with Crippen LogP contribution in [-0.2, 0) is 19.1 Å². The number of ether oxygens (including phenoxy) is 2. The number of aromatic amines is 2. The van der Waals surface area contributed by atoms with Gasteiger partial charge in [0.1, 0.15) is 35.1 Å². The molecule has 57 heavy (non-hydrogen) atoms. The van der Waals surface area contributed by atoms with E-state index in [1.165, 1.54) is 25.3 Å². The summed E-state index contributed by atoms with van der Waals surface area (Å²) in [5.41, 5.74) is 5.94. The molecule has 14 nitrogen and oxygen atoms in total. The van der Waals surface area contributed by atoms with Gasteiger partial charge in [-0.25, -0.2) is 19.6 Å². The summed E-state index contributed by atoms with van der Waals surface area (Å²) in [6.07, 6.45) is 8.78. The zero-order valence-electron chi connectivity index (χ0n) is 33.5. The van der Waals surface area contributed by atoms with Crippen molar-refractivity contribution >= 4 is 24.0 Å². The maximum Gasteiger partial charge on any atom is 0.407 e. The van der Waals surface area contributed by atoms with Gasteiger partial charge in [0.2, 0.25) is 11.8 Å². The molecule has 2 aliphatic heterocycles. The number of H-pyrrole nitrogens is 2. The summed E-state index contributed by atoms with van der Waals surface area (Å²) in [5.74, 6) is 15.2. The maximum atomic E-state index is 13.6. The summed E-state index contributed by atoms with van der Waals surface area (Å²) >= 11 is 0. The van der Waals surface area contributed by atoms with Crippen molar-refractivity contribution < 1.29 is 28.7 Å². The Morgan fingerprint density at radius 1 is 0.684 bits per heavy atom. The van der Waals surface area contributed by atoms with E-state index in [-0.39, 0.29) is 35.7 Å². The highest BCUT2D eigenvalue weighted by Crippen LogP contribution is 2.55. The van der Waals surface area contributed by atoms with Crippen LogP contribution in [0.4, 0.5) is 9.59 Å². The van der Waals surface area contributed by atoms with Crippen molar-refractivity contribution in [2.24, 2.45) is 11.8 Å². The summed E-state index contributed by atoms with van der Waals surface area (Å²) in [7, 11) is 2.58. The lowest BCUT2D eigenvalue weighted by molar-refractivity contribution is -0.136. The van der Waals surface area contributed by atoms with E-state index in [9.17, 15) is 19.2 Å². The van der Waals surface area contributed by atoms with Crippen LogP contribution >= 0.6 is 0 Å². The number of nitrogens with zero attached hydrogens (tertiary/aromatic N) is 4. The molecular weight excluding hydrogens is 725 g/mol. The monoisotopic (exact) mass is 776 g/mol. The molecular formula is C43H52N8O6.